The van der Waals surface area contributed by atoms with Crippen molar-refractivity contribution in [3.8, 4) is 0 Å². The van der Waals surface area contributed by atoms with E-state index in [4.69, 9.17) is 14.2 Å². The maximum atomic E-state index is 11.4. The van der Waals surface area contributed by atoms with E-state index in [0.29, 0.717) is 19.4 Å². The van der Waals surface area contributed by atoms with E-state index in [2.05, 4.69) is 0 Å². The fraction of sp³-hybridized carbons (Fsp3) is 0.824. The number of ether oxygens (including phenoxy) is 3. The van der Waals surface area contributed by atoms with Gasteiger partial charge in [-0.1, -0.05) is 18.6 Å². The zero-order chi connectivity index (χ0) is 16.6. The van der Waals surface area contributed by atoms with Crippen molar-refractivity contribution < 1.29 is 29.2 Å². The van der Waals surface area contributed by atoms with Gasteiger partial charge in [-0.3, -0.25) is 4.79 Å². The largest absolute Gasteiger partial charge is 0.465 e. The molecule has 0 aromatic heterocycles. The van der Waals surface area contributed by atoms with E-state index < -0.39 is 40.8 Å². The molecular formula is C17H24O6. The first-order valence-corrected chi connectivity index (χ1v) is 8.23. The summed E-state index contributed by atoms with van der Waals surface area (Å²) in [5, 5.41) is 21.5. The second-order valence-electron chi connectivity index (χ2n) is 7.81. The molecule has 3 fully saturated rings. The van der Waals surface area contributed by atoms with Gasteiger partial charge in [0.05, 0.1) is 30.3 Å². The van der Waals surface area contributed by atoms with Gasteiger partial charge in [0.2, 0.25) is 0 Å². The van der Waals surface area contributed by atoms with Crippen molar-refractivity contribution in [1.82, 2.24) is 0 Å². The first-order chi connectivity index (χ1) is 10.8. The summed E-state index contributed by atoms with van der Waals surface area (Å²) in [5.74, 6) is -0.383. The maximum Gasteiger partial charge on any atom is 0.302 e. The molecule has 1 spiro atoms. The van der Waals surface area contributed by atoms with E-state index in [0.717, 1.165) is 5.57 Å². The van der Waals surface area contributed by atoms with Crippen LogP contribution in [0.1, 0.15) is 33.6 Å². The van der Waals surface area contributed by atoms with Crippen LogP contribution in [0.5, 0.6) is 0 Å². The molecule has 0 aromatic carbocycles. The molecule has 2 aliphatic carbocycles. The number of hydrogen-bond acceptors (Lipinski definition) is 6. The van der Waals surface area contributed by atoms with E-state index in [-0.39, 0.29) is 12.6 Å². The van der Waals surface area contributed by atoms with Gasteiger partial charge in [0.1, 0.15) is 18.3 Å². The summed E-state index contributed by atoms with van der Waals surface area (Å²) in [7, 11) is 0. The highest BCUT2D eigenvalue weighted by Gasteiger charge is 2.82. The van der Waals surface area contributed by atoms with Crippen molar-refractivity contribution in [2.24, 2.45) is 10.8 Å². The van der Waals surface area contributed by atoms with Crippen molar-refractivity contribution in [3.63, 3.8) is 0 Å². The average molecular weight is 324 g/mol. The zero-order valence-corrected chi connectivity index (χ0v) is 13.7. The topological polar surface area (TPSA) is 88.5 Å². The number of carbonyl (C=O) groups is 1. The molecule has 2 N–H and O–H groups in total. The normalized spacial score (nSPS) is 53.7. The molecule has 4 aliphatic rings. The van der Waals surface area contributed by atoms with Crippen LogP contribution in [0, 0.1) is 10.8 Å². The van der Waals surface area contributed by atoms with Gasteiger partial charge < -0.3 is 24.4 Å². The first kappa shape index (κ1) is 15.6. The molecule has 6 nitrogen and oxygen atoms in total. The Hall–Kier alpha value is -0.950. The SMILES string of the molecule is CC(=O)OC[C@]12[C@H](O)CC(C)=C[C@H]1OC1[C@H](O)C[C@@]2(C)C12CO2. The molecule has 0 radical (unpaired) electrons. The molecule has 6 heteroatoms. The van der Waals surface area contributed by atoms with Gasteiger partial charge in [0, 0.05) is 12.3 Å². The molecule has 4 rings (SSSR count). The van der Waals surface area contributed by atoms with E-state index >= 15 is 0 Å². The number of esters is 1. The van der Waals surface area contributed by atoms with Crippen LogP contribution in [0.4, 0.5) is 0 Å². The van der Waals surface area contributed by atoms with Gasteiger partial charge in [-0.2, -0.15) is 0 Å². The highest BCUT2D eigenvalue weighted by molar-refractivity contribution is 5.66. The Morgan fingerprint density at radius 1 is 1.48 bits per heavy atom. The fourth-order valence-corrected chi connectivity index (χ4v) is 5.38. The molecular weight excluding hydrogens is 300 g/mol. The molecule has 0 amide bonds. The highest BCUT2D eigenvalue weighted by Crippen LogP contribution is 2.71. The number of carbonyl (C=O) groups excluding carboxylic acids is 1. The Morgan fingerprint density at radius 3 is 2.78 bits per heavy atom. The van der Waals surface area contributed by atoms with Crippen LogP contribution in [0.25, 0.3) is 0 Å². The third-order valence-electron chi connectivity index (χ3n) is 6.70. The quantitative estimate of drug-likeness (QED) is 0.438. The number of fused-ring (bicyclic) bond motifs is 2. The van der Waals surface area contributed by atoms with Crippen LogP contribution in [0.2, 0.25) is 0 Å². The lowest BCUT2D eigenvalue weighted by Crippen LogP contribution is -2.69. The van der Waals surface area contributed by atoms with Crippen molar-refractivity contribution in [3.05, 3.63) is 11.6 Å². The number of aliphatic hydroxyl groups is 2. The second kappa shape index (κ2) is 4.57. The summed E-state index contributed by atoms with van der Waals surface area (Å²) in [4.78, 5) is 11.4. The molecule has 2 saturated heterocycles. The summed E-state index contributed by atoms with van der Waals surface area (Å²) >= 11 is 0. The van der Waals surface area contributed by atoms with Gasteiger partial charge in [-0.25, -0.2) is 0 Å². The third kappa shape index (κ3) is 1.70. The van der Waals surface area contributed by atoms with Gasteiger partial charge in [0.15, 0.2) is 0 Å². The van der Waals surface area contributed by atoms with Crippen LogP contribution >= 0.6 is 0 Å². The Labute approximate surface area is 135 Å². The number of rotatable bonds is 2. The van der Waals surface area contributed by atoms with E-state index in [9.17, 15) is 15.0 Å². The Balaban J connectivity index is 1.85. The number of hydrogen-bond donors (Lipinski definition) is 2. The molecule has 2 unspecified atom stereocenters. The minimum Gasteiger partial charge on any atom is -0.465 e. The second-order valence-corrected chi connectivity index (χ2v) is 7.81. The third-order valence-corrected chi connectivity index (χ3v) is 6.70. The van der Waals surface area contributed by atoms with Gasteiger partial charge in [-0.15, -0.1) is 0 Å². The van der Waals surface area contributed by atoms with Gasteiger partial charge in [0.25, 0.3) is 0 Å². The lowest BCUT2D eigenvalue weighted by Gasteiger charge is -2.59. The molecule has 23 heavy (non-hydrogen) atoms. The Kier molecular flexibility index (Phi) is 3.09. The van der Waals surface area contributed by atoms with E-state index in [1.54, 1.807) is 0 Å². The molecule has 2 aliphatic heterocycles. The van der Waals surface area contributed by atoms with Gasteiger partial charge in [-0.05, 0) is 19.8 Å². The van der Waals surface area contributed by atoms with Gasteiger partial charge >= 0.3 is 5.97 Å². The fourth-order valence-electron chi connectivity index (χ4n) is 5.38. The molecule has 7 atom stereocenters. The predicted molar refractivity (Wildman–Crippen MR) is 79.5 cm³/mol. The van der Waals surface area contributed by atoms with E-state index in [1.165, 1.54) is 6.92 Å². The first-order valence-electron chi connectivity index (χ1n) is 8.23. The monoisotopic (exact) mass is 324 g/mol. The molecule has 2 bridgehead atoms. The lowest BCUT2D eigenvalue weighted by atomic mass is 9.51. The Morgan fingerprint density at radius 2 is 2.17 bits per heavy atom. The van der Waals surface area contributed by atoms with Crippen molar-refractivity contribution in [2.75, 3.05) is 13.2 Å². The average Bonchev–Trinajstić information content (AvgIpc) is 3.20. The van der Waals surface area contributed by atoms with Crippen LogP contribution in [0.15, 0.2) is 11.6 Å². The van der Waals surface area contributed by atoms with Crippen molar-refractivity contribution in [1.29, 1.82) is 0 Å². The maximum absolute atomic E-state index is 11.4. The molecule has 128 valence electrons. The minimum atomic E-state index is -0.803. The summed E-state index contributed by atoms with van der Waals surface area (Å²) in [5.41, 5.74) is -0.851. The van der Waals surface area contributed by atoms with Crippen molar-refractivity contribution in [2.45, 2.75) is 63.6 Å². The van der Waals surface area contributed by atoms with Crippen LogP contribution in [0.3, 0.4) is 0 Å². The number of epoxide rings is 1. The predicted octanol–water partition coefficient (Wildman–Crippen LogP) is 0.554. The van der Waals surface area contributed by atoms with Crippen molar-refractivity contribution >= 4 is 5.97 Å². The molecule has 1 saturated carbocycles. The summed E-state index contributed by atoms with van der Waals surface area (Å²) in [6.07, 6.45) is 0.851. The van der Waals surface area contributed by atoms with Crippen LogP contribution in [-0.2, 0) is 19.0 Å². The zero-order valence-electron chi connectivity index (χ0n) is 13.7. The molecule has 2 heterocycles. The highest BCUT2D eigenvalue weighted by atomic mass is 16.6. The van der Waals surface area contributed by atoms with Crippen LogP contribution in [-0.4, -0.2) is 59.4 Å². The van der Waals surface area contributed by atoms with E-state index in [1.807, 2.05) is 19.9 Å². The summed E-state index contributed by atoms with van der Waals surface area (Å²) in [6.45, 7) is 5.94. The Bertz CT molecular complexity index is 582. The standard InChI is InChI=1S/C17H24O6/c1-9-4-12(20)16(7-21-10(2)18)13(5-9)23-14-11(19)6-15(16,3)17(14)8-22-17/h5,11-14,19-20H,4,6-8H2,1-3H3/t11-,12-,13-,14?,15-,16+,17?/m1/s1. The smallest absolute Gasteiger partial charge is 0.302 e. The number of aliphatic hydroxyl groups excluding tert-OH is 2. The molecule has 0 aromatic rings. The lowest BCUT2D eigenvalue weighted by molar-refractivity contribution is -0.251. The summed E-state index contributed by atoms with van der Waals surface area (Å²) in [6, 6.07) is 0. The van der Waals surface area contributed by atoms with Crippen LogP contribution < -0.4 is 0 Å². The summed E-state index contributed by atoms with van der Waals surface area (Å²) < 4.78 is 17.4. The minimum absolute atomic E-state index is 0.0684.